The molecule has 1 aliphatic rings. The van der Waals surface area contributed by atoms with Crippen LogP contribution in [0.4, 0.5) is 10.1 Å². The molecule has 0 bridgehead atoms. The van der Waals surface area contributed by atoms with Crippen molar-refractivity contribution in [3.63, 3.8) is 0 Å². The molecule has 132 valence electrons. The van der Waals surface area contributed by atoms with E-state index in [4.69, 9.17) is 0 Å². The Bertz CT molecular complexity index is 889. The molecule has 0 saturated heterocycles. The zero-order valence-electron chi connectivity index (χ0n) is 14.8. The van der Waals surface area contributed by atoms with Crippen LogP contribution in [0.3, 0.4) is 0 Å². The largest absolute Gasteiger partial charge is 0.311 e. The van der Waals surface area contributed by atoms with Crippen LogP contribution in [0.15, 0.2) is 16.9 Å². The van der Waals surface area contributed by atoms with Gasteiger partial charge in [0.15, 0.2) is 0 Å². The van der Waals surface area contributed by atoms with E-state index in [1.165, 1.54) is 11.0 Å². The van der Waals surface area contributed by atoms with Gasteiger partial charge in [-0.25, -0.2) is 9.37 Å². The Balaban J connectivity index is 1.81. The van der Waals surface area contributed by atoms with Crippen LogP contribution in [0.25, 0.3) is 0 Å². The van der Waals surface area contributed by atoms with Crippen LogP contribution in [0.1, 0.15) is 41.1 Å². The van der Waals surface area contributed by atoms with Crippen molar-refractivity contribution in [1.29, 1.82) is 0 Å². The van der Waals surface area contributed by atoms with Gasteiger partial charge in [0.25, 0.3) is 5.56 Å². The van der Waals surface area contributed by atoms with E-state index in [0.29, 0.717) is 35.7 Å². The molecule has 25 heavy (non-hydrogen) atoms. The second-order valence-corrected chi connectivity index (χ2v) is 6.62. The number of fused-ring (bicyclic) bond motifs is 1. The number of amides is 1. The van der Waals surface area contributed by atoms with E-state index in [1.807, 2.05) is 13.0 Å². The molecule has 2 aromatic rings. The summed E-state index contributed by atoms with van der Waals surface area (Å²) >= 11 is 0. The molecule has 0 aliphatic carbocycles. The Morgan fingerprint density at radius 2 is 2.08 bits per heavy atom. The van der Waals surface area contributed by atoms with Crippen LogP contribution in [0.5, 0.6) is 0 Å². The maximum Gasteiger partial charge on any atom is 0.254 e. The van der Waals surface area contributed by atoms with Crippen LogP contribution >= 0.6 is 0 Å². The molecule has 2 heterocycles. The lowest BCUT2D eigenvalue weighted by Crippen LogP contribution is -2.36. The fourth-order valence-corrected chi connectivity index (χ4v) is 3.50. The highest BCUT2D eigenvalue weighted by molar-refractivity contribution is 5.95. The standard InChI is InChI=1S/C19H22FN3O2/c1-11-9-14-5-4-8-23(18(14)16(20)10-11)17(24)7-6-15-12(2)21-13(3)22-19(15)25/h9-10H,4-8H2,1-3H3,(H,21,22,25). The monoisotopic (exact) mass is 343 g/mol. The van der Waals surface area contributed by atoms with Gasteiger partial charge in [-0.05, 0) is 57.2 Å². The molecular formula is C19H22FN3O2. The predicted molar refractivity (Wildman–Crippen MR) is 94.5 cm³/mol. The Morgan fingerprint density at radius 1 is 1.32 bits per heavy atom. The molecule has 0 radical (unpaired) electrons. The van der Waals surface area contributed by atoms with E-state index >= 15 is 0 Å². The van der Waals surface area contributed by atoms with Gasteiger partial charge in [0.05, 0.1) is 5.69 Å². The van der Waals surface area contributed by atoms with Crippen molar-refractivity contribution in [3.05, 3.63) is 56.5 Å². The Hall–Kier alpha value is -2.50. The van der Waals surface area contributed by atoms with Gasteiger partial charge in [0.2, 0.25) is 5.91 Å². The summed E-state index contributed by atoms with van der Waals surface area (Å²) in [4.78, 5) is 33.2. The number of aryl methyl sites for hydroxylation is 4. The highest BCUT2D eigenvalue weighted by Gasteiger charge is 2.26. The van der Waals surface area contributed by atoms with Gasteiger partial charge < -0.3 is 9.88 Å². The van der Waals surface area contributed by atoms with Crippen molar-refractivity contribution in [1.82, 2.24) is 9.97 Å². The van der Waals surface area contributed by atoms with Crippen LogP contribution in [-0.4, -0.2) is 22.4 Å². The number of hydrogen-bond acceptors (Lipinski definition) is 3. The highest BCUT2D eigenvalue weighted by atomic mass is 19.1. The lowest BCUT2D eigenvalue weighted by molar-refractivity contribution is -0.118. The van der Waals surface area contributed by atoms with Crippen LogP contribution in [0, 0.1) is 26.6 Å². The summed E-state index contributed by atoms with van der Waals surface area (Å²) in [5.74, 6) is 0.0390. The molecule has 5 nitrogen and oxygen atoms in total. The topological polar surface area (TPSA) is 66.1 Å². The third-order valence-electron chi connectivity index (χ3n) is 4.62. The Morgan fingerprint density at radius 3 is 2.80 bits per heavy atom. The Labute approximate surface area is 145 Å². The van der Waals surface area contributed by atoms with Gasteiger partial charge in [-0.15, -0.1) is 0 Å². The van der Waals surface area contributed by atoms with E-state index in [9.17, 15) is 14.0 Å². The lowest BCUT2D eigenvalue weighted by atomic mass is 9.98. The number of aromatic nitrogens is 2. The third kappa shape index (κ3) is 3.48. The maximum absolute atomic E-state index is 14.4. The summed E-state index contributed by atoms with van der Waals surface area (Å²) in [6.45, 7) is 5.84. The molecule has 1 aromatic heterocycles. The van der Waals surface area contributed by atoms with Crippen molar-refractivity contribution in [2.24, 2.45) is 0 Å². The van der Waals surface area contributed by atoms with Crippen molar-refractivity contribution in [3.8, 4) is 0 Å². The number of hydrogen-bond donors (Lipinski definition) is 1. The van der Waals surface area contributed by atoms with Crippen LogP contribution in [0.2, 0.25) is 0 Å². The predicted octanol–water partition coefficient (Wildman–Crippen LogP) is 2.75. The van der Waals surface area contributed by atoms with Gasteiger partial charge in [-0.2, -0.15) is 0 Å². The smallest absolute Gasteiger partial charge is 0.254 e. The number of aromatic amines is 1. The molecule has 3 rings (SSSR count). The molecule has 0 saturated carbocycles. The summed E-state index contributed by atoms with van der Waals surface area (Å²) < 4.78 is 14.4. The van der Waals surface area contributed by atoms with Crippen molar-refractivity contribution >= 4 is 11.6 Å². The molecule has 0 unspecified atom stereocenters. The van der Waals surface area contributed by atoms with E-state index in [0.717, 1.165) is 24.0 Å². The quantitative estimate of drug-likeness (QED) is 0.932. The number of halogens is 1. The normalized spacial score (nSPS) is 13.7. The number of carbonyl (C=O) groups excluding carboxylic acids is 1. The number of carbonyl (C=O) groups is 1. The molecule has 1 amide bonds. The Kier molecular flexibility index (Phi) is 4.70. The zero-order chi connectivity index (χ0) is 18.1. The summed E-state index contributed by atoms with van der Waals surface area (Å²) in [5.41, 5.74) is 3.07. The van der Waals surface area contributed by atoms with E-state index in [1.54, 1.807) is 13.8 Å². The average molecular weight is 343 g/mol. The van der Waals surface area contributed by atoms with Gasteiger partial charge >= 0.3 is 0 Å². The molecule has 6 heteroatoms. The van der Waals surface area contributed by atoms with Gasteiger partial charge in [0, 0.05) is 24.2 Å². The summed E-state index contributed by atoms with van der Waals surface area (Å²) in [7, 11) is 0. The third-order valence-corrected chi connectivity index (χ3v) is 4.62. The highest BCUT2D eigenvalue weighted by Crippen LogP contribution is 2.31. The fourth-order valence-electron chi connectivity index (χ4n) is 3.50. The number of rotatable bonds is 3. The summed E-state index contributed by atoms with van der Waals surface area (Å²) in [6, 6.07) is 3.40. The van der Waals surface area contributed by atoms with Crippen LogP contribution < -0.4 is 10.5 Å². The molecule has 1 N–H and O–H groups in total. The number of nitrogens with zero attached hydrogens (tertiary/aromatic N) is 2. The average Bonchev–Trinajstić information content (AvgIpc) is 2.52. The minimum absolute atomic E-state index is 0.154. The number of anilines is 1. The van der Waals surface area contributed by atoms with Crippen LogP contribution in [-0.2, 0) is 17.6 Å². The number of nitrogens with one attached hydrogen (secondary N) is 1. The number of H-pyrrole nitrogens is 1. The fraction of sp³-hybridized carbons (Fsp3) is 0.421. The summed E-state index contributed by atoms with van der Waals surface area (Å²) in [5, 5.41) is 0. The van der Waals surface area contributed by atoms with Crippen molar-refractivity contribution < 1.29 is 9.18 Å². The van der Waals surface area contributed by atoms with Gasteiger partial charge in [0.1, 0.15) is 11.6 Å². The zero-order valence-corrected chi connectivity index (χ0v) is 14.8. The molecule has 0 spiro atoms. The molecule has 1 aromatic carbocycles. The summed E-state index contributed by atoms with van der Waals surface area (Å²) in [6.07, 6.45) is 2.04. The number of benzene rings is 1. The van der Waals surface area contributed by atoms with E-state index in [2.05, 4.69) is 9.97 Å². The first-order chi connectivity index (χ1) is 11.9. The SMILES string of the molecule is Cc1cc(F)c2c(c1)CCCN2C(=O)CCc1c(C)nc(C)[nH]c1=O. The van der Waals surface area contributed by atoms with E-state index < -0.39 is 0 Å². The maximum atomic E-state index is 14.4. The first kappa shape index (κ1) is 17.3. The van der Waals surface area contributed by atoms with Crippen molar-refractivity contribution in [2.75, 3.05) is 11.4 Å². The molecule has 1 aliphatic heterocycles. The molecule has 0 atom stereocenters. The lowest BCUT2D eigenvalue weighted by Gasteiger charge is -2.30. The minimum Gasteiger partial charge on any atom is -0.311 e. The van der Waals surface area contributed by atoms with E-state index in [-0.39, 0.29) is 23.7 Å². The molecule has 0 fully saturated rings. The molecular weight excluding hydrogens is 321 g/mol. The minimum atomic E-state index is -0.353. The first-order valence-corrected chi connectivity index (χ1v) is 8.52. The van der Waals surface area contributed by atoms with Crippen molar-refractivity contribution in [2.45, 2.75) is 46.5 Å². The van der Waals surface area contributed by atoms with Gasteiger partial charge in [-0.3, -0.25) is 9.59 Å². The second-order valence-electron chi connectivity index (χ2n) is 6.62. The first-order valence-electron chi connectivity index (χ1n) is 8.52. The second kappa shape index (κ2) is 6.78. The van der Waals surface area contributed by atoms with Gasteiger partial charge in [-0.1, -0.05) is 6.07 Å².